The summed E-state index contributed by atoms with van der Waals surface area (Å²) in [5.41, 5.74) is 2.14. The van der Waals surface area contributed by atoms with Crippen molar-refractivity contribution in [2.45, 2.75) is 26.0 Å². The van der Waals surface area contributed by atoms with Crippen molar-refractivity contribution in [3.8, 4) is 5.75 Å². The number of likely N-dealkylation sites (N-methyl/N-ethyl adjacent to an activating group) is 1. The molecular weight excluding hydrogens is 336 g/mol. The average Bonchev–Trinajstić information content (AvgIpc) is 2.58. The molecule has 0 aliphatic heterocycles. The molecule has 0 fully saturated rings. The van der Waals surface area contributed by atoms with Crippen LogP contribution in [0.2, 0.25) is 5.02 Å². The molecule has 1 amide bonds. The van der Waals surface area contributed by atoms with Crippen LogP contribution in [-0.4, -0.2) is 37.6 Å². The van der Waals surface area contributed by atoms with E-state index in [1.807, 2.05) is 74.4 Å². The molecule has 0 radical (unpaired) electrons. The zero-order valence-corrected chi connectivity index (χ0v) is 15.9. The Morgan fingerprint density at radius 1 is 1.16 bits per heavy atom. The Kier molecular flexibility index (Phi) is 6.85. The second-order valence-electron chi connectivity index (χ2n) is 6.32. The van der Waals surface area contributed by atoms with Crippen LogP contribution < -0.4 is 10.1 Å². The molecule has 0 bridgehead atoms. The maximum absolute atomic E-state index is 12.4. The Hall–Kier alpha value is -2.04. The lowest BCUT2D eigenvalue weighted by Gasteiger charge is -2.26. The second kappa shape index (κ2) is 8.88. The monoisotopic (exact) mass is 360 g/mol. The first-order chi connectivity index (χ1) is 11.9. The Morgan fingerprint density at radius 2 is 1.80 bits per heavy atom. The van der Waals surface area contributed by atoms with Crippen LogP contribution in [0.25, 0.3) is 0 Å². The summed E-state index contributed by atoms with van der Waals surface area (Å²) < 4.78 is 5.70. The Labute approximate surface area is 154 Å². The number of carbonyl (C=O) groups excluding carboxylic acids is 1. The molecule has 5 heteroatoms. The second-order valence-corrected chi connectivity index (χ2v) is 6.73. The molecule has 2 atom stereocenters. The van der Waals surface area contributed by atoms with Crippen molar-refractivity contribution < 1.29 is 9.53 Å². The summed E-state index contributed by atoms with van der Waals surface area (Å²) in [5, 5.41) is 3.65. The minimum atomic E-state index is -0.572. The van der Waals surface area contributed by atoms with Crippen LogP contribution in [0, 0.1) is 6.92 Å². The van der Waals surface area contributed by atoms with Crippen LogP contribution in [0.1, 0.15) is 24.1 Å². The van der Waals surface area contributed by atoms with Gasteiger partial charge in [0.1, 0.15) is 5.75 Å². The van der Waals surface area contributed by atoms with Crippen LogP contribution in [0.15, 0.2) is 48.5 Å². The van der Waals surface area contributed by atoms with E-state index >= 15 is 0 Å². The molecule has 2 unspecified atom stereocenters. The minimum Gasteiger partial charge on any atom is -0.481 e. The molecule has 25 heavy (non-hydrogen) atoms. The van der Waals surface area contributed by atoms with Gasteiger partial charge in [-0.3, -0.25) is 4.79 Å². The highest BCUT2D eigenvalue weighted by atomic mass is 35.5. The number of benzene rings is 2. The van der Waals surface area contributed by atoms with Gasteiger partial charge in [-0.05, 0) is 51.7 Å². The molecule has 2 rings (SSSR count). The molecule has 4 nitrogen and oxygen atoms in total. The van der Waals surface area contributed by atoms with Crippen LogP contribution in [0.4, 0.5) is 0 Å². The van der Waals surface area contributed by atoms with E-state index in [0.717, 1.165) is 11.1 Å². The normalized spacial score (nSPS) is 13.4. The predicted molar refractivity (Wildman–Crippen MR) is 102 cm³/mol. The molecule has 2 aromatic rings. The lowest BCUT2D eigenvalue weighted by Crippen LogP contribution is -2.41. The minimum absolute atomic E-state index is 0.00998. The molecular formula is C20H25ClN2O2. The lowest BCUT2D eigenvalue weighted by molar-refractivity contribution is -0.127. The molecule has 1 N–H and O–H groups in total. The van der Waals surface area contributed by atoms with Gasteiger partial charge in [0, 0.05) is 11.6 Å². The number of nitrogens with zero attached hydrogens (tertiary/aromatic N) is 1. The van der Waals surface area contributed by atoms with E-state index in [2.05, 4.69) is 5.32 Å². The summed E-state index contributed by atoms with van der Waals surface area (Å²) in [7, 11) is 3.93. The first-order valence-corrected chi connectivity index (χ1v) is 8.68. The van der Waals surface area contributed by atoms with Gasteiger partial charge in [-0.2, -0.15) is 0 Å². The van der Waals surface area contributed by atoms with Gasteiger partial charge in [-0.25, -0.2) is 0 Å². The number of aryl methyl sites for hydroxylation is 1. The number of amides is 1. The number of nitrogens with one attached hydrogen (secondary N) is 1. The molecule has 2 aromatic carbocycles. The van der Waals surface area contributed by atoms with Gasteiger partial charge in [0.25, 0.3) is 5.91 Å². The van der Waals surface area contributed by atoms with Crippen molar-refractivity contribution in [2.75, 3.05) is 20.6 Å². The molecule has 0 aromatic heterocycles. The Balaban J connectivity index is 1.96. The zero-order valence-electron chi connectivity index (χ0n) is 15.1. The molecule has 134 valence electrons. The third-order valence-corrected chi connectivity index (χ3v) is 4.40. The van der Waals surface area contributed by atoms with Crippen LogP contribution >= 0.6 is 11.6 Å². The topological polar surface area (TPSA) is 41.6 Å². The highest BCUT2D eigenvalue weighted by molar-refractivity contribution is 6.31. The van der Waals surface area contributed by atoms with Crippen molar-refractivity contribution in [3.63, 3.8) is 0 Å². The van der Waals surface area contributed by atoms with Crippen LogP contribution in [0.3, 0.4) is 0 Å². The molecule has 0 aliphatic rings. The maximum Gasteiger partial charge on any atom is 0.260 e. The zero-order chi connectivity index (χ0) is 18.4. The first kappa shape index (κ1) is 19.3. The number of ether oxygens (including phenoxy) is 1. The SMILES string of the molecule is Cc1ccc(OC(C)C(=O)NCC(c2ccccc2Cl)N(C)C)cc1. The van der Waals surface area contributed by atoms with Crippen molar-refractivity contribution >= 4 is 17.5 Å². The number of hydrogen-bond acceptors (Lipinski definition) is 3. The highest BCUT2D eigenvalue weighted by Crippen LogP contribution is 2.25. The van der Waals surface area contributed by atoms with Gasteiger partial charge in [0.15, 0.2) is 6.10 Å². The van der Waals surface area contributed by atoms with E-state index in [1.54, 1.807) is 6.92 Å². The molecule has 0 saturated carbocycles. The van der Waals surface area contributed by atoms with Gasteiger partial charge in [0.05, 0.1) is 6.04 Å². The summed E-state index contributed by atoms with van der Waals surface area (Å²) in [6.45, 7) is 4.21. The number of carbonyl (C=O) groups is 1. The largest absolute Gasteiger partial charge is 0.481 e. The van der Waals surface area contributed by atoms with E-state index in [4.69, 9.17) is 16.3 Å². The van der Waals surface area contributed by atoms with Crippen molar-refractivity contribution in [2.24, 2.45) is 0 Å². The van der Waals surface area contributed by atoms with E-state index < -0.39 is 6.10 Å². The summed E-state index contributed by atoms with van der Waals surface area (Å²) in [6.07, 6.45) is -0.572. The molecule has 0 saturated heterocycles. The fourth-order valence-corrected chi connectivity index (χ4v) is 2.79. The summed E-state index contributed by atoms with van der Waals surface area (Å²) in [6, 6.07) is 15.3. The quantitative estimate of drug-likeness (QED) is 0.815. The Bertz CT molecular complexity index is 701. The summed E-state index contributed by atoms with van der Waals surface area (Å²) in [4.78, 5) is 14.4. The van der Waals surface area contributed by atoms with E-state index in [-0.39, 0.29) is 11.9 Å². The van der Waals surface area contributed by atoms with Crippen LogP contribution in [-0.2, 0) is 4.79 Å². The fourth-order valence-electron chi connectivity index (χ4n) is 2.53. The van der Waals surface area contributed by atoms with Gasteiger partial charge in [0.2, 0.25) is 0 Å². The summed E-state index contributed by atoms with van der Waals surface area (Å²) >= 11 is 6.30. The average molecular weight is 361 g/mol. The van der Waals surface area contributed by atoms with Gasteiger partial charge >= 0.3 is 0 Å². The lowest BCUT2D eigenvalue weighted by atomic mass is 10.1. The maximum atomic E-state index is 12.4. The van der Waals surface area contributed by atoms with Gasteiger partial charge in [-0.1, -0.05) is 47.5 Å². The third-order valence-electron chi connectivity index (χ3n) is 4.06. The van der Waals surface area contributed by atoms with E-state index in [0.29, 0.717) is 17.3 Å². The van der Waals surface area contributed by atoms with Crippen molar-refractivity contribution in [1.29, 1.82) is 0 Å². The summed E-state index contributed by atoms with van der Waals surface area (Å²) in [5.74, 6) is 0.531. The van der Waals surface area contributed by atoms with Crippen LogP contribution in [0.5, 0.6) is 5.75 Å². The highest BCUT2D eigenvalue weighted by Gasteiger charge is 2.20. The Morgan fingerprint density at radius 3 is 2.40 bits per heavy atom. The van der Waals surface area contributed by atoms with Gasteiger partial charge < -0.3 is 15.0 Å². The molecule has 0 aliphatic carbocycles. The fraction of sp³-hybridized carbons (Fsp3) is 0.350. The van der Waals surface area contributed by atoms with Crippen molar-refractivity contribution in [3.05, 3.63) is 64.7 Å². The number of rotatable bonds is 7. The van der Waals surface area contributed by atoms with Crippen molar-refractivity contribution in [1.82, 2.24) is 10.2 Å². The van der Waals surface area contributed by atoms with E-state index in [9.17, 15) is 4.79 Å². The molecule has 0 spiro atoms. The number of halogens is 1. The standard InChI is InChI=1S/C20H25ClN2O2/c1-14-9-11-16(12-10-14)25-15(2)20(24)22-13-19(23(3)4)17-7-5-6-8-18(17)21/h5-12,15,19H,13H2,1-4H3,(H,22,24). The smallest absolute Gasteiger partial charge is 0.260 e. The number of hydrogen-bond donors (Lipinski definition) is 1. The first-order valence-electron chi connectivity index (χ1n) is 8.30. The predicted octanol–water partition coefficient (Wildman–Crippen LogP) is 3.83. The molecule has 0 heterocycles. The van der Waals surface area contributed by atoms with Gasteiger partial charge in [-0.15, -0.1) is 0 Å². The third kappa shape index (κ3) is 5.48. The van der Waals surface area contributed by atoms with E-state index in [1.165, 1.54) is 0 Å².